The minimum Gasteiger partial charge on any atom is -0.494 e. The summed E-state index contributed by atoms with van der Waals surface area (Å²) in [6, 6.07) is 13.1. The second kappa shape index (κ2) is 10.1. The fraction of sp³-hybridized carbons (Fsp3) is 0.286. The lowest BCUT2D eigenvalue weighted by Crippen LogP contribution is -2.29. The van der Waals surface area contributed by atoms with Gasteiger partial charge in [-0.3, -0.25) is 14.4 Å². The van der Waals surface area contributed by atoms with Gasteiger partial charge in [0.05, 0.1) is 13.2 Å². The Labute approximate surface area is 153 Å². The first-order valence-electron chi connectivity index (χ1n) is 8.73. The molecule has 0 bridgehead atoms. The zero-order valence-corrected chi connectivity index (χ0v) is 14.9. The Morgan fingerprint density at radius 1 is 0.962 bits per heavy atom. The summed E-state index contributed by atoms with van der Waals surface area (Å²) in [5.41, 5.74) is 1.41. The number of Topliss-reactive ketones (excluding diaryl/α,β-unsaturated/α-hetero) is 1. The van der Waals surface area contributed by atoms with Crippen molar-refractivity contribution in [2.45, 2.75) is 26.2 Å². The van der Waals surface area contributed by atoms with E-state index < -0.39 is 0 Å². The van der Waals surface area contributed by atoms with Crippen LogP contribution in [0.15, 0.2) is 48.5 Å². The van der Waals surface area contributed by atoms with Crippen LogP contribution >= 0.6 is 0 Å². The predicted molar refractivity (Wildman–Crippen MR) is 100.0 cm³/mol. The summed E-state index contributed by atoms with van der Waals surface area (Å²) in [5.74, 6) is 0.198. The zero-order valence-electron chi connectivity index (χ0n) is 14.9. The van der Waals surface area contributed by atoms with Crippen LogP contribution in [0.25, 0.3) is 0 Å². The van der Waals surface area contributed by atoms with Crippen LogP contribution in [-0.2, 0) is 0 Å². The van der Waals surface area contributed by atoms with Gasteiger partial charge in [0.25, 0.3) is 5.91 Å². The topological polar surface area (TPSA) is 72.5 Å². The van der Waals surface area contributed by atoms with Crippen LogP contribution in [0.5, 0.6) is 5.75 Å². The molecule has 1 N–H and O–H groups in total. The summed E-state index contributed by atoms with van der Waals surface area (Å²) in [6.45, 7) is 2.71. The number of nitrogens with one attached hydrogen (secondary N) is 1. The largest absolute Gasteiger partial charge is 0.494 e. The van der Waals surface area contributed by atoms with Gasteiger partial charge in [0.2, 0.25) is 0 Å². The highest BCUT2D eigenvalue weighted by atomic mass is 16.5. The molecule has 0 spiro atoms. The normalized spacial score (nSPS) is 10.2. The van der Waals surface area contributed by atoms with Gasteiger partial charge in [-0.05, 0) is 42.8 Å². The Balaban J connectivity index is 1.83. The lowest BCUT2D eigenvalue weighted by atomic mass is 10.1. The van der Waals surface area contributed by atoms with Gasteiger partial charge in [-0.2, -0.15) is 0 Å². The predicted octanol–water partition coefficient (Wildman–Crippen LogP) is 3.68. The van der Waals surface area contributed by atoms with Crippen molar-refractivity contribution in [3.8, 4) is 5.75 Å². The number of ketones is 1. The third-order valence-corrected chi connectivity index (χ3v) is 3.91. The molecule has 0 fully saturated rings. The SMILES string of the molecule is CCCCCOc1ccc(C(=O)CNC(=O)c2ccc(C=O)cc2)cc1. The second-order valence-electron chi connectivity index (χ2n) is 5.93. The van der Waals surface area contributed by atoms with Crippen LogP contribution in [0.2, 0.25) is 0 Å². The maximum atomic E-state index is 12.2. The molecule has 0 unspecified atom stereocenters. The lowest BCUT2D eigenvalue weighted by molar-refractivity contribution is 0.0904. The van der Waals surface area contributed by atoms with Gasteiger partial charge in [0.1, 0.15) is 12.0 Å². The smallest absolute Gasteiger partial charge is 0.251 e. The summed E-state index contributed by atoms with van der Waals surface area (Å²) >= 11 is 0. The zero-order chi connectivity index (χ0) is 18.8. The number of benzene rings is 2. The third kappa shape index (κ3) is 5.84. The number of aldehydes is 1. The molecule has 26 heavy (non-hydrogen) atoms. The first kappa shape index (κ1) is 19.4. The fourth-order valence-electron chi connectivity index (χ4n) is 2.36. The van der Waals surface area contributed by atoms with Gasteiger partial charge in [-0.25, -0.2) is 0 Å². The van der Waals surface area contributed by atoms with Crippen LogP contribution in [0.1, 0.15) is 57.3 Å². The first-order chi connectivity index (χ1) is 12.6. The van der Waals surface area contributed by atoms with Crippen molar-refractivity contribution in [3.63, 3.8) is 0 Å². The van der Waals surface area contributed by atoms with Crippen molar-refractivity contribution >= 4 is 18.0 Å². The Morgan fingerprint density at radius 2 is 1.62 bits per heavy atom. The van der Waals surface area contributed by atoms with E-state index in [1.165, 1.54) is 0 Å². The van der Waals surface area contributed by atoms with Crippen molar-refractivity contribution < 1.29 is 19.1 Å². The molecule has 0 aliphatic rings. The van der Waals surface area contributed by atoms with Crippen LogP contribution < -0.4 is 10.1 Å². The molecule has 136 valence electrons. The molecule has 5 nitrogen and oxygen atoms in total. The molecule has 0 aliphatic carbocycles. The highest BCUT2D eigenvalue weighted by molar-refractivity contribution is 6.02. The molecule has 0 aromatic heterocycles. The molecule has 0 atom stereocenters. The maximum Gasteiger partial charge on any atom is 0.251 e. The minimum atomic E-state index is -0.355. The summed E-state index contributed by atoms with van der Waals surface area (Å²) in [7, 11) is 0. The maximum absolute atomic E-state index is 12.2. The van der Waals surface area contributed by atoms with Crippen LogP contribution in [-0.4, -0.2) is 31.1 Å². The van der Waals surface area contributed by atoms with Crippen molar-refractivity contribution in [3.05, 3.63) is 65.2 Å². The highest BCUT2D eigenvalue weighted by Crippen LogP contribution is 2.13. The monoisotopic (exact) mass is 353 g/mol. The van der Waals surface area contributed by atoms with E-state index in [9.17, 15) is 14.4 Å². The number of carbonyl (C=O) groups is 3. The van der Waals surface area contributed by atoms with Crippen molar-refractivity contribution in [1.29, 1.82) is 0 Å². The standard InChI is InChI=1S/C21H23NO4/c1-2-3-4-13-26-19-11-9-17(10-12-19)20(24)14-22-21(25)18-7-5-16(15-23)6-8-18/h5-12,15H,2-4,13-14H2,1H3,(H,22,25). The van der Waals surface area contributed by atoms with E-state index in [0.29, 0.717) is 29.6 Å². The highest BCUT2D eigenvalue weighted by Gasteiger charge is 2.10. The molecule has 5 heteroatoms. The van der Waals surface area contributed by atoms with E-state index in [1.54, 1.807) is 48.5 Å². The van der Waals surface area contributed by atoms with E-state index in [4.69, 9.17) is 4.74 Å². The number of carbonyl (C=O) groups excluding carboxylic acids is 3. The molecular formula is C21H23NO4. The Bertz CT molecular complexity index is 736. The number of hydrogen-bond acceptors (Lipinski definition) is 4. The van der Waals surface area contributed by atoms with Gasteiger partial charge >= 0.3 is 0 Å². The molecule has 2 aromatic rings. The number of unbranched alkanes of at least 4 members (excludes halogenated alkanes) is 2. The number of amides is 1. The van der Waals surface area contributed by atoms with E-state index >= 15 is 0 Å². The lowest BCUT2D eigenvalue weighted by Gasteiger charge is -2.07. The van der Waals surface area contributed by atoms with E-state index in [0.717, 1.165) is 25.0 Å². The molecule has 0 saturated heterocycles. The molecule has 0 saturated carbocycles. The fourth-order valence-corrected chi connectivity index (χ4v) is 2.36. The van der Waals surface area contributed by atoms with E-state index in [2.05, 4.69) is 12.2 Å². The van der Waals surface area contributed by atoms with Crippen LogP contribution in [0, 0.1) is 0 Å². The number of hydrogen-bond donors (Lipinski definition) is 1. The average molecular weight is 353 g/mol. The van der Waals surface area contributed by atoms with Gasteiger partial charge in [-0.1, -0.05) is 31.9 Å². The Kier molecular flexibility index (Phi) is 7.55. The van der Waals surface area contributed by atoms with E-state index in [-0.39, 0.29) is 18.2 Å². The van der Waals surface area contributed by atoms with E-state index in [1.807, 2.05) is 0 Å². The Hall–Kier alpha value is -2.95. The van der Waals surface area contributed by atoms with Gasteiger partial charge in [-0.15, -0.1) is 0 Å². The second-order valence-corrected chi connectivity index (χ2v) is 5.93. The molecule has 0 radical (unpaired) electrons. The van der Waals surface area contributed by atoms with Crippen molar-refractivity contribution in [1.82, 2.24) is 5.32 Å². The molecular weight excluding hydrogens is 330 g/mol. The summed E-state index contributed by atoms with van der Waals surface area (Å²) < 4.78 is 5.61. The van der Waals surface area contributed by atoms with Crippen LogP contribution in [0.3, 0.4) is 0 Å². The van der Waals surface area contributed by atoms with Gasteiger partial charge in [0.15, 0.2) is 5.78 Å². The Morgan fingerprint density at radius 3 is 2.23 bits per heavy atom. The third-order valence-electron chi connectivity index (χ3n) is 3.91. The van der Waals surface area contributed by atoms with Gasteiger partial charge in [0, 0.05) is 16.7 Å². The average Bonchev–Trinajstić information content (AvgIpc) is 2.69. The first-order valence-corrected chi connectivity index (χ1v) is 8.73. The summed E-state index contributed by atoms with van der Waals surface area (Å²) in [6.07, 6.45) is 4.00. The quantitative estimate of drug-likeness (QED) is 0.402. The molecule has 0 heterocycles. The number of rotatable bonds is 10. The van der Waals surface area contributed by atoms with Gasteiger partial charge < -0.3 is 10.1 Å². The van der Waals surface area contributed by atoms with Crippen LogP contribution in [0.4, 0.5) is 0 Å². The number of ether oxygens (including phenoxy) is 1. The summed E-state index contributed by atoms with van der Waals surface area (Å²) in [4.78, 5) is 34.8. The molecule has 1 amide bonds. The van der Waals surface area contributed by atoms with Crippen molar-refractivity contribution in [2.75, 3.05) is 13.2 Å². The molecule has 2 aromatic carbocycles. The molecule has 2 rings (SSSR count). The molecule has 0 aliphatic heterocycles. The summed E-state index contributed by atoms with van der Waals surface area (Å²) in [5, 5.41) is 2.59. The minimum absolute atomic E-state index is 0.0923. The van der Waals surface area contributed by atoms with Crippen molar-refractivity contribution in [2.24, 2.45) is 0 Å².